The summed E-state index contributed by atoms with van der Waals surface area (Å²) in [5, 5.41) is 27.7. The summed E-state index contributed by atoms with van der Waals surface area (Å²) in [5.41, 5.74) is -1.87. The third-order valence-corrected chi connectivity index (χ3v) is 5.24. The van der Waals surface area contributed by atoms with E-state index < -0.39 is 17.0 Å². The molecule has 0 saturated carbocycles. The molecular weight excluding hydrogens is 394 g/mol. The molecule has 180 valence electrons. The van der Waals surface area contributed by atoms with Crippen molar-refractivity contribution in [2.75, 3.05) is 14.2 Å². The lowest BCUT2D eigenvalue weighted by molar-refractivity contribution is -0.263. The van der Waals surface area contributed by atoms with Gasteiger partial charge < -0.3 is 9.57 Å². The molecule has 1 fully saturated rings. The summed E-state index contributed by atoms with van der Waals surface area (Å²) >= 11 is 0. The van der Waals surface area contributed by atoms with E-state index in [0.29, 0.717) is 6.42 Å². The summed E-state index contributed by atoms with van der Waals surface area (Å²) in [6.07, 6.45) is 4.05. The highest BCUT2D eigenvalue weighted by Crippen LogP contribution is 2.37. The van der Waals surface area contributed by atoms with Crippen LogP contribution in [0.1, 0.15) is 95.4 Å². The zero-order chi connectivity index (χ0) is 22.9. The van der Waals surface area contributed by atoms with Gasteiger partial charge in [-0.3, -0.25) is 4.79 Å². The van der Waals surface area contributed by atoms with Crippen molar-refractivity contribution in [3.8, 4) is 12.1 Å². The Morgan fingerprint density at radius 3 is 1.71 bits per heavy atom. The number of hydrogen-bond acceptors (Lipinski definition) is 8. The number of hydroxylamine groups is 2. The summed E-state index contributed by atoms with van der Waals surface area (Å²) < 4.78 is 4.48. The Labute approximate surface area is 190 Å². The van der Waals surface area contributed by atoms with Crippen LogP contribution in [0.3, 0.4) is 0 Å². The molecule has 1 aliphatic rings. The van der Waals surface area contributed by atoms with Gasteiger partial charge in [0.15, 0.2) is 11.1 Å². The van der Waals surface area contributed by atoms with Gasteiger partial charge in [-0.1, -0.05) is 21.8 Å². The van der Waals surface area contributed by atoms with E-state index in [1.807, 2.05) is 12.1 Å². The van der Waals surface area contributed by atoms with E-state index in [9.17, 15) is 4.79 Å². The van der Waals surface area contributed by atoms with E-state index in [0.717, 1.165) is 0 Å². The third-order valence-electron chi connectivity index (χ3n) is 5.24. The van der Waals surface area contributed by atoms with Crippen molar-refractivity contribution >= 4 is 5.97 Å². The van der Waals surface area contributed by atoms with Crippen LogP contribution in [-0.4, -0.2) is 47.4 Å². The molecule has 1 heterocycles. The predicted octanol–water partition coefficient (Wildman–Crippen LogP) is 5.84. The number of piperidine rings is 1. The van der Waals surface area contributed by atoms with Gasteiger partial charge in [0.25, 0.3) is 0 Å². The maximum atomic E-state index is 11.1. The summed E-state index contributed by atoms with van der Waals surface area (Å²) in [7, 11) is 3.01. The molecule has 8 heteroatoms. The highest BCUT2D eigenvalue weighted by molar-refractivity contribution is 5.71. The summed E-state index contributed by atoms with van der Waals surface area (Å²) in [4.78, 5) is 16.6. The Morgan fingerprint density at radius 2 is 1.42 bits per heavy atom. The first kappa shape index (κ1) is 33.6. The Balaban J connectivity index is -0.000000497. The van der Waals surface area contributed by atoms with E-state index in [-0.39, 0.29) is 32.4 Å². The lowest BCUT2D eigenvalue weighted by Crippen LogP contribution is -2.57. The molecule has 0 N–H and O–H groups in total. The zero-order valence-electron chi connectivity index (χ0n) is 19.5. The van der Waals surface area contributed by atoms with Crippen LogP contribution >= 0.6 is 0 Å². The molecule has 31 heavy (non-hydrogen) atoms. The lowest BCUT2D eigenvalue weighted by Gasteiger charge is -2.50. The molecule has 1 saturated heterocycles. The minimum atomic E-state index is -1.29. The maximum Gasteiger partial charge on any atom is 0.309 e. The number of carbonyl (C=O) groups is 1. The van der Waals surface area contributed by atoms with Crippen molar-refractivity contribution in [1.82, 2.24) is 5.06 Å². The van der Waals surface area contributed by atoms with Gasteiger partial charge in [-0.2, -0.15) is 25.8 Å². The minimum absolute atomic E-state index is 0. The summed E-state index contributed by atoms with van der Waals surface area (Å²) in [6.45, 7) is 13.9. The normalized spacial score (nSPS) is 20.7. The van der Waals surface area contributed by atoms with Gasteiger partial charge in [0.05, 0.1) is 32.8 Å². The van der Waals surface area contributed by atoms with Crippen molar-refractivity contribution in [1.29, 1.82) is 10.5 Å². The molecule has 0 aromatic heterocycles. The van der Waals surface area contributed by atoms with E-state index >= 15 is 0 Å². The van der Waals surface area contributed by atoms with Gasteiger partial charge in [0.1, 0.15) is 0 Å². The van der Waals surface area contributed by atoms with Crippen LogP contribution in [0.2, 0.25) is 0 Å². The van der Waals surface area contributed by atoms with E-state index in [1.165, 1.54) is 33.3 Å². The second-order valence-corrected chi connectivity index (χ2v) is 9.03. The van der Waals surface area contributed by atoms with Crippen LogP contribution in [0.4, 0.5) is 0 Å². The highest BCUT2D eigenvalue weighted by Gasteiger charge is 2.41. The number of azo groups is 1. The first-order valence-corrected chi connectivity index (χ1v) is 9.92. The van der Waals surface area contributed by atoms with Crippen molar-refractivity contribution in [3.63, 3.8) is 0 Å². The topological polar surface area (TPSA) is 111 Å². The van der Waals surface area contributed by atoms with Crippen LogP contribution in [0, 0.1) is 22.7 Å². The number of nitrogens with zero attached hydrogens (tertiary/aromatic N) is 5. The fourth-order valence-corrected chi connectivity index (χ4v) is 3.31. The molecule has 0 radical (unpaired) electrons. The maximum absolute atomic E-state index is 11.1. The number of carbonyl (C=O) groups excluding carboxylic acids is 1. The second-order valence-electron chi connectivity index (χ2n) is 9.03. The number of rotatable bonds is 6. The largest absolute Gasteiger partial charge is 0.469 e. The predicted molar refractivity (Wildman–Crippen MR) is 124 cm³/mol. The standard InChI is InChI=1S/C11H16N4O2.C10H21NO.2CH4/c1-5-10(2,7-12)14-15-11(3,8-13)6-9(16)17-4;1-9(2)7-6-8-10(3,4)11(9)12-5;;/h5-6H2,1-4H3;6-8H2,1-5H3;2*1H4. The monoisotopic (exact) mass is 439 g/mol. The van der Waals surface area contributed by atoms with E-state index in [1.54, 1.807) is 21.0 Å². The Hall–Kier alpha value is -2.03. The molecule has 0 aliphatic carbocycles. The van der Waals surface area contributed by atoms with Gasteiger partial charge in [0, 0.05) is 11.1 Å². The first-order valence-electron chi connectivity index (χ1n) is 9.92. The van der Waals surface area contributed by atoms with Crippen LogP contribution in [-0.2, 0) is 14.4 Å². The fourth-order valence-electron chi connectivity index (χ4n) is 3.31. The van der Waals surface area contributed by atoms with Crippen molar-refractivity contribution in [3.05, 3.63) is 0 Å². The smallest absolute Gasteiger partial charge is 0.309 e. The third kappa shape index (κ3) is 10.2. The molecule has 2 atom stereocenters. The van der Waals surface area contributed by atoms with Crippen LogP contribution in [0.5, 0.6) is 0 Å². The molecule has 1 rings (SSSR count). The van der Waals surface area contributed by atoms with Gasteiger partial charge in [-0.05, 0) is 67.2 Å². The summed E-state index contributed by atoms with van der Waals surface area (Å²) in [5.74, 6) is -0.539. The molecule has 8 nitrogen and oxygen atoms in total. The lowest BCUT2D eigenvalue weighted by atomic mass is 9.82. The van der Waals surface area contributed by atoms with Crippen LogP contribution in [0.25, 0.3) is 0 Å². The van der Waals surface area contributed by atoms with Gasteiger partial charge in [0.2, 0.25) is 0 Å². The first-order chi connectivity index (χ1) is 13.2. The fraction of sp³-hybridized carbons (Fsp3) is 0.870. The minimum Gasteiger partial charge on any atom is -0.469 e. The quantitative estimate of drug-likeness (QED) is 0.379. The van der Waals surface area contributed by atoms with Gasteiger partial charge in [-0.15, -0.1) is 0 Å². The number of hydrogen-bond donors (Lipinski definition) is 0. The van der Waals surface area contributed by atoms with Gasteiger partial charge in [-0.25, -0.2) is 0 Å². The molecule has 0 spiro atoms. The highest BCUT2D eigenvalue weighted by atomic mass is 16.7. The van der Waals surface area contributed by atoms with E-state index in [4.69, 9.17) is 15.4 Å². The number of nitriles is 2. The Bertz CT molecular complexity index is 647. The van der Waals surface area contributed by atoms with Crippen LogP contribution < -0.4 is 0 Å². The zero-order valence-corrected chi connectivity index (χ0v) is 19.5. The van der Waals surface area contributed by atoms with Crippen molar-refractivity contribution < 1.29 is 14.4 Å². The average Bonchev–Trinajstić information content (AvgIpc) is 2.65. The molecule has 2 unspecified atom stereocenters. The molecule has 0 amide bonds. The average molecular weight is 440 g/mol. The Morgan fingerprint density at radius 1 is 1.00 bits per heavy atom. The number of ether oxygens (including phenoxy) is 1. The second kappa shape index (κ2) is 13.4. The van der Waals surface area contributed by atoms with Gasteiger partial charge >= 0.3 is 5.97 Å². The van der Waals surface area contributed by atoms with Crippen molar-refractivity contribution in [2.24, 2.45) is 10.2 Å². The molecule has 0 bridgehead atoms. The summed E-state index contributed by atoms with van der Waals surface area (Å²) in [6, 6.07) is 3.90. The van der Waals surface area contributed by atoms with Crippen LogP contribution in [0.15, 0.2) is 10.2 Å². The SMILES string of the molecule is C.C.CCC(C)(C#N)N=NC(C)(C#N)CC(=O)OC.CON1C(C)(C)CCCC1(C)C. The molecule has 1 aliphatic heterocycles. The van der Waals surface area contributed by atoms with Crippen molar-refractivity contribution in [2.45, 2.75) is 118 Å². The van der Waals surface area contributed by atoms with E-state index in [2.05, 4.69) is 47.7 Å². The molecule has 0 aromatic rings. The molecule has 0 aromatic carbocycles. The number of esters is 1. The Kier molecular flexibility index (Phi) is 14.5. The molecular formula is C23H45N5O3. The number of methoxy groups -OCH3 is 1.